The number of piperidine rings is 1. The summed E-state index contributed by atoms with van der Waals surface area (Å²) in [5.41, 5.74) is 15.5. The largest absolute Gasteiger partial charge is 0.370 e. The maximum Gasteiger partial charge on any atom is 0.354 e. The van der Waals surface area contributed by atoms with Crippen molar-refractivity contribution in [3.05, 3.63) is 118 Å². The molecule has 13 nitrogen and oxygen atoms in total. The van der Waals surface area contributed by atoms with Crippen LogP contribution >= 0.6 is 11.8 Å². The van der Waals surface area contributed by atoms with Crippen molar-refractivity contribution in [1.82, 2.24) is 29.5 Å². The second kappa shape index (κ2) is 19.4. The maximum absolute atomic E-state index is 13.7. The van der Waals surface area contributed by atoms with E-state index in [-0.39, 0.29) is 47.4 Å². The summed E-state index contributed by atoms with van der Waals surface area (Å²) in [5, 5.41) is 7.03. The Morgan fingerprint density at radius 2 is 1.63 bits per heavy atom. The number of nitrogens with one attached hydrogen (secondary N) is 3. The number of H-pyrrole nitrogens is 1. The number of thioether (sulfide) groups is 1. The Bertz CT molecular complexity index is 2380. The van der Waals surface area contributed by atoms with Crippen molar-refractivity contribution < 1.29 is 13.2 Å². The number of benzene rings is 3. The van der Waals surface area contributed by atoms with E-state index in [9.17, 15) is 18.0 Å². The molecule has 0 spiro atoms. The van der Waals surface area contributed by atoms with E-state index in [4.69, 9.17) is 11.5 Å². The molecule has 1 aliphatic heterocycles. The molecule has 1 amide bonds. The minimum Gasteiger partial charge on any atom is -0.370 e. The van der Waals surface area contributed by atoms with Gasteiger partial charge in [-0.2, -0.15) is 9.29 Å². The molecule has 5 aromatic rings. The van der Waals surface area contributed by atoms with E-state index in [2.05, 4.69) is 73.2 Å². The summed E-state index contributed by atoms with van der Waals surface area (Å²) in [6.07, 6.45) is 5.70. The van der Waals surface area contributed by atoms with Crippen molar-refractivity contribution in [2.75, 3.05) is 25.9 Å². The zero-order valence-corrected chi connectivity index (χ0v) is 36.8. The number of aromatic amines is 1. The van der Waals surface area contributed by atoms with Crippen molar-refractivity contribution in [1.29, 1.82) is 0 Å². The Morgan fingerprint density at radius 3 is 2.24 bits per heavy atom. The third-order valence-corrected chi connectivity index (χ3v) is 13.0. The van der Waals surface area contributed by atoms with Gasteiger partial charge in [-0.3, -0.25) is 14.4 Å². The first kappa shape index (κ1) is 45.1. The Kier molecular flexibility index (Phi) is 14.8. The molecule has 1 saturated heterocycles. The lowest BCUT2D eigenvalue weighted by atomic mass is 9.87. The van der Waals surface area contributed by atoms with Crippen LogP contribution < -0.4 is 27.8 Å². The molecule has 1 fully saturated rings. The highest BCUT2D eigenvalue weighted by Gasteiger charge is 2.33. The van der Waals surface area contributed by atoms with Gasteiger partial charge in [-0.1, -0.05) is 84.0 Å². The van der Waals surface area contributed by atoms with Crippen LogP contribution in [0.25, 0.3) is 16.7 Å². The first-order chi connectivity index (χ1) is 27.9. The summed E-state index contributed by atoms with van der Waals surface area (Å²) in [7, 11) is -3.59. The molecule has 59 heavy (non-hydrogen) atoms. The smallest absolute Gasteiger partial charge is 0.354 e. The Hall–Kier alpha value is -4.96. The van der Waals surface area contributed by atoms with Gasteiger partial charge >= 0.3 is 5.69 Å². The van der Waals surface area contributed by atoms with Gasteiger partial charge in [0.2, 0.25) is 15.9 Å². The highest BCUT2D eigenvalue weighted by Crippen LogP contribution is 2.30. The van der Waals surface area contributed by atoms with Gasteiger partial charge in [-0.15, -0.1) is 11.8 Å². The number of rotatable bonds is 12. The van der Waals surface area contributed by atoms with Gasteiger partial charge in [0.25, 0.3) is 0 Å². The molecule has 3 heterocycles. The van der Waals surface area contributed by atoms with Gasteiger partial charge in [0.1, 0.15) is 5.65 Å². The van der Waals surface area contributed by atoms with E-state index in [0.29, 0.717) is 29.3 Å². The number of hydrogen-bond acceptors (Lipinski definition) is 8. The highest BCUT2D eigenvalue weighted by molar-refractivity contribution is 7.98. The summed E-state index contributed by atoms with van der Waals surface area (Å²) in [4.78, 5) is 37.0. The van der Waals surface area contributed by atoms with Gasteiger partial charge in [-0.25, -0.2) is 13.2 Å². The van der Waals surface area contributed by atoms with Crippen LogP contribution in [0.5, 0.6) is 0 Å². The second-order valence-corrected chi connectivity index (χ2v) is 19.5. The molecule has 0 bridgehead atoms. The number of nitrogens with zero attached hydrogens (tertiary/aromatic N) is 4. The van der Waals surface area contributed by atoms with Crippen LogP contribution in [0.1, 0.15) is 83.2 Å². The van der Waals surface area contributed by atoms with E-state index < -0.39 is 10.0 Å². The third-order valence-electron chi connectivity index (χ3n) is 10.2. The minimum atomic E-state index is -3.59. The fraction of sp³-hybridized carbons (Fsp3) is 0.409. The molecule has 15 heteroatoms. The van der Waals surface area contributed by atoms with Crippen LogP contribution in [-0.2, 0) is 38.7 Å². The molecule has 0 radical (unpaired) electrons. The fourth-order valence-corrected chi connectivity index (χ4v) is 8.97. The Balaban J connectivity index is 0.000000224. The number of guanidine groups is 1. The predicted molar refractivity (Wildman–Crippen MR) is 240 cm³/mol. The zero-order chi connectivity index (χ0) is 43.0. The average Bonchev–Trinajstić information content (AvgIpc) is 3.63. The number of amides is 1. The third kappa shape index (κ3) is 12.1. The Labute approximate surface area is 352 Å². The molecule has 0 atom stereocenters. The average molecular weight is 842 g/mol. The monoisotopic (exact) mass is 841 g/mol. The van der Waals surface area contributed by atoms with Crippen LogP contribution in [-0.4, -0.2) is 71.1 Å². The molecule has 7 N–H and O–H groups in total. The first-order valence-corrected chi connectivity index (χ1v) is 22.5. The quantitative estimate of drug-likeness (QED) is 0.0575. The molecule has 2 aromatic heterocycles. The second-order valence-electron chi connectivity index (χ2n) is 16.7. The van der Waals surface area contributed by atoms with Crippen molar-refractivity contribution in [2.45, 2.75) is 101 Å². The van der Waals surface area contributed by atoms with Crippen molar-refractivity contribution in [3.8, 4) is 5.69 Å². The molecule has 0 unspecified atom stereocenters. The van der Waals surface area contributed by atoms with E-state index in [1.165, 1.54) is 4.57 Å². The number of nitrogens with two attached hydrogens (primary N) is 2. The molecule has 1 aliphatic rings. The Morgan fingerprint density at radius 1 is 0.966 bits per heavy atom. The van der Waals surface area contributed by atoms with Crippen LogP contribution in [0.2, 0.25) is 0 Å². The summed E-state index contributed by atoms with van der Waals surface area (Å²) < 4.78 is 30.6. The first-order valence-electron chi connectivity index (χ1n) is 19.9. The lowest BCUT2D eigenvalue weighted by Crippen LogP contribution is -2.45. The van der Waals surface area contributed by atoms with Crippen molar-refractivity contribution in [2.24, 2.45) is 16.5 Å². The van der Waals surface area contributed by atoms with E-state index >= 15 is 0 Å². The van der Waals surface area contributed by atoms with Crippen LogP contribution in [0.3, 0.4) is 0 Å². The fourth-order valence-electron chi connectivity index (χ4n) is 6.70. The van der Waals surface area contributed by atoms with Crippen molar-refractivity contribution >= 4 is 44.7 Å². The number of aliphatic imine (C=N–C) groups is 1. The number of carbonyl (C=O) groups excluding carboxylic acids is 1. The van der Waals surface area contributed by atoms with Crippen LogP contribution in [0, 0.1) is 0 Å². The van der Waals surface area contributed by atoms with Gasteiger partial charge in [0.05, 0.1) is 17.1 Å². The molecular formula is C44H59N9O4S2. The lowest BCUT2D eigenvalue weighted by molar-refractivity contribution is -0.121. The normalized spacial score (nSPS) is 13.8. The van der Waals surface area contributed by atoms with Crippen LogP contribution in [0.4, 0.5) is 0 Å². The van der Waals surface area contributed by atoms with Gasteiger partial charge in [-0.05, 0) is 90.7 Å². The SMILES string of the molecule is CC(C)(C)c1cc2cn(-c3ccc(CNC(=O)CCN=C(N)N)cc3)c(=O)nc2[nH]1.CSc1ccccc1CN(C1CCNCC1)S(=O)(=O)c1ccc(C(C)(C)C)cc1. The number of carbonyl (C=O) groups is 1. The summed E-state index contributed by atoms with van der Waals surface area (Å²) >= 11 is 1.66. The molecule has 6 rings (SSSR count). The molecule has 0 aliphatic carbocycles. The molecule has 0 saturated carbocycles. The standard InChI is InChI=1S/C23H32N2O2S2.C21H27N7O2/c1-23(2,3)19-9-11-21(12-10-19)29(26,27)25(20-13-15-24-16-14-20)17-18-7-5-6-8-22(18)28-4;1-21(2,3)16-10-14-12-28(20(30)27-18(14)26-16)15-6-4-13(5-7-15)11-25-17(29)8-9-24-19(22)23/h5-12,20,24H,13-17H2,1-4H3;4-7,10,12H,8-9,11H2,1-3H3,(H,25,29)(H4,22,23,24)(H,26,27,30). The summed E-state index contributed by atoms with van der Waals surface area (Å²) in [6.45, 7) is 15.4. The molecule has 316 valence electrons. The summed E-state index contributed by atoms with van der Waals surface area (Å²) in [6, 6.07) is 24.9. The van der Waals surface area contributed by atoms with Crippen LogP contribution in [0.15, 0.2) is 105 Å². The maximum atomic E-state index is 13.7. The van der Waals surface area contributed by atoms with Gasteiger partial charge in [0.15, 0.2) is 5.96 Å². The van der Waals surface area contributed by atoms with Gasteiger partial charge in [0, 0.05) is 53.1 Å². The molecular weight excluding hydrogens is 783 g/mol. The number of hydrogen-bond donors (Lipinski definition) is 5. The topological polar surface area (TPSA) is 194 Å². The number of sulfonamides is 1. The lowest BCUT2D eigenvalue weighted by Gasteiger charge is -2.34. The van der Waals surface area contributed by atoms with E-state index in [1.807, 2.05) is 66.9 Å². The number of aromatic nitrogens is 3. The van der Waals surface area contributed by atoms with Crippen molar-refractivity contribution in [3.63, 3.8) is 0 Å². The minimum absolute atomic E-state index is 0.00565. The van der Waals surface area contributed by atoms with E-state index in [0.717, 1.165) is 58.6 Å². The zero-order valence-electron chi connectivity index (χ0n) is 35.2. The predicted octanol–water partition coefficient (Wildman–Crippen LogP) is 5.94. The van der Waals surface area contributed by atoms with Gasteiger partial charge < -0.3 is 27.1 Å². The number of fused-ring (bicyclic) bond motifs is 1. The summed E-state index contributed by atoms with van der Waals surface area (Å²) in [5.74, 6) is -0.173. The highest BCUT2D eigenvalue weighted by atomic mass is 32.2. The van der Waals surface area contributed by atoms with E-state index in [1.54, 1.807) is 34.4 Å². The molecule has 3 aromatic carbocycles.